The van der Waals surface area contributed by atoms with Gasteiger partial charge in [0.1, 0.15) is 11.9 Å². The largest absolute Gasteiger partial charge is 0.351 e. The molecule has 2 aliphatic heterocycles. The number of anilines is 1. The average molecular weight is 570 g/mol. The van der Waals surface area contributed by atoms with Crippen LogP contribution in [0.4, 0.5) is 19.7 Å². The second-order valence-corrected chi connectivity index (χ2v) is 11.2. The summed E-state index contributed by atoms with van der Waals surface area (Å²) < 4.78 is 16.2. The van der Waals surface area contributed by atoms with Crippen molar-refractivity contribution in [1.29, 1.82) is 0 Å². The van der Waals surface area contributed by atoms with Gasteiger partial charge in [0, 0.05) is 35.8 Å². The van der Waals surface area contributed by atoms with Crippen molar-refractivity contribution in [2.24, 2.45) is 10.8 Å². The lowest BCUT2D eigenvalue weighted by atomic mass is 10.0. The molecule has 40 heavy (non-hydrogen) atoms. The first kappa shape index (κ1) is 27.4. The van der Waals surface area contributed by atoms with Crippen LogP contribution >= 0.6 is 11.6 Å². The van der Waals surface area contributed by atoms with Crippen LogP contribution in [-0.2, 0) is 11.3 Å². The third-order valence-electron chi connectivity index (χ3n) is 7.07. The second-order valence-electron chi connectivity index (χ2n) is 10.8. The average Bonchev–Trinajstić information content (AvgIpc) is 3.49. The summed E-state index contributed by atoms with van der Waals surface area (Å²) in [6, 6.07) is 8.27. The molecule has 2 aromatic carbocycles. The molecular formula is C27H31ClFN8O3+. The van der Waals surface area contributed by atoms with E-state index in [-0.39, 0.29) is 22.7 Å². The summed E-state index contributed by atoms with van der Waals surface area (Å²) in [6.07, 6.45) is 2.54. The topological polar surface area (TPSA) is 142 Å². The highest BCUT2D eigenvalue weighted by molar-refractivity contribution is 6.31. The van der Waals surface area contributed by atoms with Gasteiger partial charge in [-0.15, -0.1) is 5.53 Å². The number of carbonyl (C=O) groups excluding carboxylic acids is 3. The normalized spacial score (nSPS) is 17.0. The number of nitrogens with zero attached hydrogens (tertiary/aromatic N) is 4. The Morgan fingerprint density at radius 3 is 2.65 bits per heavy atom. The molecule has 3 heterocycles. The molecule has 5 rings (SSSR count). The monoisotopic (exact) mass is 569 g/mol. The van der Waals surface area contributed by atoms with E-state index in [9.17, 15) is 18.8 Å². The lowest BCUT2D eigenvalue weighted by Gasteiger charge is -2.36. The van der Waals surface area contributed by atoms with E-state index in [0.717, 1.165) is 0 Å². The third kappa shape index (κ3) is 5.07. The fourth-order valence-corrected chi connectivity index (χ4v) is 5.25. The van der Waals surface area contributed by atoms with E-state index < -0.39 is 29.8 Å². The number of amides is 4. The molecule has 0 unspecified atom stereocenters. The Balaban J connectivity index is 1.28. The molecule has 0 saturated carbocycles. The van der Waals surface area contributed by atoms with E-state index in [1.54, 1.807) is 35.9 Å². The smallest absolute Gasteiger partial charge is 0.323 e. The summed E-state index contributed by atoms with van der Waals surface area (Å²) in [7, 11) is 0. The first-order chi connectivity index (χ1) is 19.0. The molecule has 0 radical (unpaired) electrons. The zero-order chi connectivity index (χ0) is 28.8. The fraction of sp³-hybridized carbons (Fsp3) is 0.333. The molecule has 1 saturated heterocycles. The van der Waals surface area contributed by atoms with E-state index in [1.165, 1.54) is 21.7 Å². The Bertz CT molecular complexity index is 1550. The molecule has 4 amide bonds. The van der Waals surface area contributed by atoms with Crippen LogP contribution in [0.25, 0.3) is 10.9 Å². The minimum absolute atomic E-state index is 0.0674. The highest BCUT2D eigenvalue weighted by atomic mass is 35.5. The van der Waals surface area contributed by atoms with Crippen molar-refractivity contribution >= 4 is 52.0 Å². The summed E-state index contributed by atoms with van der Waals surface area (Å²) in [5.41, 5.74) is 8.78. The fourth-order valence-electron chi connectivity index (χ4n) is 5.01. The number of rotatable bonds is 5. The molecule has 1 fully saturated rings. The minimum atomic E-state index is -0.742. The van der Waals surface area contributed by atoms with Gasteiger partial charge in [0.25, 0.3) is 0 Å². The number of benzene rings is 2. The van der Waals surface area contributed by atoms with Crippen LogP contribution in [-0.4, -0.2) is 56.4 Å². The Morgan fingerprint density at radius 2 is 1.98 bits per heavy atom. The molecule has 11 nitrogen and oxygen atoms in total. The molecule has 3 aromatic rings. The molecule has 1 atom stereocenters. The van der Waals surface area contributed by atoms with Gasteiger partial charge in [0.2, 0.25) is 11.7 Å². The van der Waals surface area contributed by atoms with Gasteiger partial charge in [0.05, 0.1) is 21.8 Å². The number of halogens is 2. The van der Waals surface area contributed by atoms with Gasteiger partial charge in [-0.05, 0) is 56.9 Å². The number of nitrogens with one attached hydrogen (secondary N) is 2. The van der Waals surface area contributed by atoms with Crippen LogP contribution in [0.1, 0.15) is 44.7 Å². The summed E-state index contributed by atoms with van der Waals surface area (Å²) >= 11 is 6.19. The number of urea groups is 1. The second kappa shape index (κ2) is 10.4. The Hall–Kier alpha value is -4.16. The number of carbonyl (C=O) groups is 3. The highest BCUT2D eigenvalue weighted by Crippen LogP contribution is 2.28. The predicted molar refractivity (Wildman–Crippen MR) is 149 cm³/mol. The summed E-state index contributed by atoms with van der Waals surface area (Å²) in [5, 5.41) is 12.4. The van der Waals surface area contributed by atoms with Crippen LogP contribution < -0.4 is 21.9 Å². The lowest BCUT2D eigenvalue weighted by Crippen LogP contribution is -3.00. The number of fused-ring (bicyclic) bond motifs is 1. The summed E-state index contributed by atoms with van der Waals surface area (Å²) in [4.78, 5) is 39.7. The van der Waals surface area contributed by atoms with Crippen molar-refractivity contribution in [2.75, 3.05) is 11.9 Å². The molecular weight excluding hydrogens is 539 g/mol. The maximum atomic E-state index is 14.9. The van der Waals surface area contributed by atoms with Gasteiger partial charge >= 0.3 is 12.1 Å². The van der Waals surface area contributed by atoms with Crippen molar-refractivity contribution in [3.8, 4) is 0 Å². The third-order valence-corrected chi connectivity index (χ3v) is 7.34. The number of amidine groups is 1. The molecule has 210 valence electrons. The van der Waals surface area contributed by atoms with Gasteiger partial charge in [0.15, 0.2) is 0 Å². The van der Waals surface area contributed by atoms with Crippen molar-refractivity contribution in [3.05, 3.63) is 64.6 Å². The number of likely N-dealkylation sites (tertiary alicyclic amines) is 1. The van der Waals surface area contributed by atoms with Crippen LogP contribution in [0.2, 0.25) is 5.02 Å². The van der Waals surface area contributed by atoms with Crippen molar-refractivity contribution < 1.29 is 24.3 Å². The van der Waals surface area contributed by atoms with Crippen molar-refractivity contribution in [1.82, 2.24) is 19.8 Å². The molecule has 0 aliphatic carbocycles. The maximum absolute atomic E-state index is 14.9. The van der Waals surface area contributed by atoms with Crippen molar-refractivity contribution in [3.63, 3.8) is 0 Å². The Kier molecular flexibility index (Phi) is 7.15. The van der Waals surface area contributed by atoms with E-state index in [4.69, 9.17) is 17.3 Å². The number of aromatic nitrogens is 1. The van der Waals surface area contributed by atoms with Crippen LogP contribution in [0, 0.1) is 5.82 Å². The van der Waals surface area contributed by atoms with E-state index in [0.29, 0.717) is 47.4 Å². The van der Waals surface area contributed by atoms with Crippen LogP contribution in [0.5, 0.6) is 0 Å². The molecule has 13 heteroatoms. The summed E-state index contributed by atoms with van der Waals surface area (Å²) in [5.74, 6) is -0.360. The number of nitrogens with two attached hydrogens (primary N) is 2. The molecule has 0 bridgehead atoms. The standard InChI is InChI=1S/C27H30ClFN8O3/c1-27(2,3)37-23(33-34-37)15-11-16(22(29)18(28)12-15)13-31-24(38)21-9-6-10-35(21)26(40)32-19-14-36(25(30)39)20-8-5-4-7-17(19)20/h4-5,7-8,11-12,14,21,34H,6,9-10,13H2,1-3H3,(H2,30,39)(H,31,38)(H,32,40)/p+1/t21-/m0/s1. The lowest BCUT2D eigenvalue weighted by molar-refractivity contribution is -0.828. The molecule has 1 aromatic heterocycles. The summed E-state index contributed by atoms with van der Waals surface area (Å²) in [6.45, 7) is 6.35. The van der Waals surface area contributed by atoms with Crippen molar-refractivity contribution in [2.45, 2.75) is 51.7 Å². The Labute approximate surface area is 235 Å². The number of hydrogen-bond donors (Lipinski definition) is 4. The number of primary amides is 1. The maximum Gasteiger partial charge on any atom is 0.323 e. The minimum Gasteiger partial charge on any atom is -0.351 e. The number of hydrogen-bond acceptors (Lipinski definition) is 5. The zero-order valence-corrected chi connectivity index (χ0v) is 23.1. The SMILES string of the molecule is CC(C)(C)N1[NH2+]N=C1c1cc(Cl)c(F)c(CNC(=O)[C@@H]2CCCN2C(=O)Nc2cn(C(N)=O)c3ccccc23)c1. The number of quaternary nitrogens is 1. The molecule has 0 spiro atoms. The van der Waals surface area contributed by atoms with E-state index >= 15 is 0 Å². The van der Waals surface area contributed by atoms with E-state index in [2.05, 4.69) is 15.7 Å². The van der Waals surface area contributed by atoms with Gasteiger partial charge in [-0.2, -0.15) is 5.01 Å². The highest BCUT2D eigenvalue weighted by Gasteiger charge is 2.38. The first-order valence-electron chi connectivity index (χ1n) is 12.9. The van der Waals surface area contributed by atoms with Gasteiger partial charge in [-0.1, -0.05) is 29.8 Å². The molecule has 6 N–H and O–H groups in total. The quantitative estimate of drug-likeness (QED) is 0.350. The first-order valence-corrected chi connectivity index (χ1v) is 13.3. The van der Waals surface area contributed by atoms with Gasteiger partial charge in [-0.25, -0.2) is 14.0 Å². The zero-order valence-electron chi connectivity index (χ0n) is 22.4. The van der Waals surface area contributed by atoms with Gasteiger partial charge < -0.3 is 21.3 Å². The predicted octanol–water partition coefficient (Wildman–Crippen LogP) is 2.93. The Morgan fingerprint density at radius 1 is 1.23 bits per heavy atom. The van der Waals surface area contributed by atoms with E-state index in [1.807, 2.05) is 25.8 Å². The molecule has 2 aliphatic rings. The van der Waals surface area contributed by atoms with Crippen LogP contribution in [0.15, 0.2) is 47.7 Å². The number of para-hydroxylation sites is 1. The van der Waals surface area contributed by atoms with Crippen LogP contribution in [0.3, 0.4) is 0 Å². The van der Waals surface area contributed by atoms with Gasteiger partial charge in [-0.3, -0.25) is 9.36 Å².